The molecule has 56 valence electrons. The van der Waals surface area contributed by atoms with Gasteiger partial charge >= 0.3 is 0 Å². The van der Waals surface area contributed by atoms with Crippen molar-refractivity contribution < 1.29 is 5.11 Å². The highest BCUT2D eigenvalue weighted by Crippen LogP contribution is 2.35. The molecule has 2 atom stereocenters. The van der Waals surface area contributed by atoms with Gasteiger partial charge in [0, 0.05) is 5.25 Å². The molecule has 0 aromatic heterocycles. The maximum absolute atomic E-state index is 9.55. The van der Waals surface area contributed by atoms with Crippen molar-refractivity contribution >= 4 is 11.8 Å². The highest BCUT2D eigenvalue weighted by molar-refractivity contribution is 7.99. The van der Waals surface area contributed by atoms with Crippen molar-refractivity contribution in [2.45, 2.75) is 30.1 Å². The summed E-state index contributed by atoms with van der Waals surface area (Å²) in [7, 11) is 0. The third-order valence-corrected chi connectivity index (χ3v) is 3.12. The Morgan fingerprint density at radius 3 is 2.80 bits per heavy atom. The van der Waals surface area contributed by atoms with Gasteiger partial charge in [-0.3, -0.25) is 0 Å². The Bertz CT molecular complexity index is 161. The lowest BCUT2D eigenvalue weighted by atomic mass is 10.1. The molecule has 2 heteroatoms. The lowest BCUT2D eigenvalue weighted by molar-refractivity contribution is 0.110. The van der Waals surface area contributed by atoms with E-state index in [0.717, 1.165) is 19.3 Å². The van der Waals surface area contributed by atoms with E-state index in [2.05, 4.69) is 12.2 Å². The number of hydrogen-bond acceptors (Lipinski definition) is 2. The van der Waals surface area contributed by atoms with Crippen LogP contribution in [0.15, 0.2) is 0 Å². The quantitative estimate of drug-likeness (QED) is 0.577. The first-order chi connectivity index (χ1) is 4.70. The standard InChI is InChI=1S/C8H12OS/c1-3-8(9)5-4-7(6-8)10-2/h1,7,9H,4-6H2,2H3. The Balaban J connectivity index is 2.51. The largest absolute Gasteiger partial charge is 0.378 e. The predicted molar refractivity (Wildman–Crippen MR) is 44.9 cm³/mol. The average molecular weight is 156 g/mol. The molecule has 0 aromatic rings. The van der Waals surface area contributed by atoms with Gasteiger partial charge < -0.3 is 5.11 Å². The van der Waals surface area contributed by atoms with Gasteiger partial charge in [0.1, 0.15) is 5.60 Å². The van der Waals surface area contributed by atoms with E-state index in [1.807, 2.05) is 0 Å². The molecule has 1 aliphatic carbocycles. The summed E-state index contributed by atoms with van der Waals surface area (Å²) in [6, 6.07) is 0. The van der Waals surface area contributed by atoms with Crippen molar-refractivity contribution in [2.75, 3.05) is 6.26 Å². The molecule has 1 aliphatic rings. The monoisotopic (exact) mass is 156 g/mol. The maximum atomic E-state index is 9.55. The molecule has 1 saturated carbocycles. The smallest absolute Gasteiger partial charge is 0.126 e. The highest BCUT2D eigenvalue weighted by Gasteiger charge is 2.34. The Kier molecular flexibility index (Phi) is 2.28. The van der Waals surface area contributed by atoms with Gasteiger partial charge in [0.15, 0.2) is 0 Å². The molecule has 1 N–H and O–H groups in total. The lowest BCUT2D eigenvalue weighted by Gasteiger charge is -2.13. The van der Waals surface area contributed by atoms with Crippen LogP contribution in [0, 0.1) is 12.3 Å². The van der Waals surface area contributed by atoms with Crippen LogP contribution in [0.2, 0.25) is 0 Å². The van der Waals surface area contributed by atoms with Gasteiger partial charge in [-0.15, -0.1) is 6.42 Å². The Morgan fingerprint density at radius 1 is 1.80 bits per heavy atom. The average Bonchev–Trinajstić information content (AvgIpc) is 2.33. The van der Waals surface area contributed by atoms with Crippen molar-refractivity contribution in [2.24, 2.45) is 0 Å². The minimum absolute atomic E-state index is 0.570. The third-order valence-electron chi connectivity index (χ3n) is 2.05. The number of aliphatic hydroxyl groups is 1. The van der Waals surface area contributed by atoms with E-state index in [1.165, 1.54) is 0 Å². The Hall–Kier alpha value is -0.130. The minimum Gasteiger partial charge on any atom is -0.378 e. The molecule has 0 spiro atoms. The van der Waals surface area contributed by atoms with Gasteiger partial charge in [-0.25, -0.2) is 0 Å². The van der Waals surface area contributed by atoms with Crippen LogP contribution in [-0.4, -0.2) is 22.2 Å². The topological polar surface area (TPSA) is 20.2 Å². The normalized spacial score (nSPS) is 39.5. The van der Waals surface area contributed by atoms with Gasteiger partial charge in [0.25, 0.3) is 0 Å². The fourth-order valence-corrected chi connectivity index (χ4v) is 2.11. The lowest BCUT2D eigenvalue weighted by Crippen LogP contribution is -2.21. The van der Waals surface area contributed by atoms with Gasteiger partial charge in [0.05, 0.1) is 0 Å². The van der Waals surface area contributed by atoms with Crippen molar-refractivity contribution in [3.05, 3.63) is 0 Å². The zero-order chi connectivity index (χ0) is 7.61. The molecular weight excluding hydrogens is 144 g/mol. The summed E-state index contributed by atoms with van der Waals surface area (Å²) < 4.78 is 0. The van der Waals surface area contributed by atoms with Crippen LogP contribution >= 0.6 is 11.8 Å². The molecular formula is C8H12OS. The summed E-state index contributed by atoms with van der Waals surface area (Å²) in [5.41, 5.74) is -0.784. The van der Waals surface area contributed by atoms with Crippen LogP contribution in [0.5, 0.6) is 0 Å². The highest BCUT2D eigenvalue weighted by atomic mass is 32.2. The summed E-state index contributed by atoms with van der Waals surface area (Å²) in [5.74, 6) is 2.45. The molecule has 0 aliphatic heterocycles. The number of thioether (sulfide) groups is 1. The van der Waals surface area contributed by atoms with E-state index < -0.39 is 5.60 Å². The molecule has 0 saturated heterocycles. The number of hydrogen-bond donors (Lipinski definition) is 1. The number of terminal acetylenes is 1. The maximum Gasteiger partial charge on any atom is 0.126 e. The third kappa shape index (κ3) is 1.47. The van der Waals surface area contributed by atoms with E-state index >= 15 is 0 Å². The summed E-state index contributed by atoms with van der Waals surface area (Å²) in [6.45, 7) is 0. The first-order valence-electron chi connectivity index (χ1n) is 3.43. The molecule has 0 heterocycles. The van der Waals surface area contributed by atoms with Crippen molar-refractivity contribution in [3.63, 3.8) is 0 Å². The van der Waals surface area contributed by atoms with Crippen LogP contribution in [0.4, 0.5) is 0 Å². The number of rotatable bonds is 1. The molecule has 1 rings (SSSR count). The first-order valence-corrected chi connectivity index (χ1v) is 4.72. The van der Waals surface area contributed by atoms with Crippen molar-refractivity contribution in [1.29, 1.82) is 0 Å². The Labute approximate surface area is 66.2 Å². The second kappa shape index (κ2) is 2.86. The van der Waals surface area contributed by atoms with E-state index in [-0.39, 0.29) is 0 Å². The molecule has 0 aromatic carbocycles. The summed E-state index contributed by atoms with van der Waals surface area (Å²) >= 11 is 1.79. The zero-order valence-corrected chi connectivity index (χ0v) is 6.95. The van der Waals surface area contributed by atoms with E-state index in [0.29, 0.717) is 5.25 Å². The van der Waals surface area contributed by atoms with Gasteiger partial charge in [-0.1, -0.05) is 5.92 Å². The molecule has 0 amide bonds. The predicted octanol–water partition coefficient (Wildman–Crippen LogP) is 1.27. The summed E-state index contributed by atoms with van der Waals surface area (Å²) in [4.78, 5) is 0. The van der Waals surface area contributed by atoms with Crippen LogP contribution in [0.25, 0.3) is 0 Å². The first kappa shape index (κ1) is 7.97. The molecule has 2 unspecified atom stereocenters. The summed E-state index contributed by atoms with van der Waals surface area (Å²) in [5, 5.41) is 10.1. The molecule has 10 heavy (non-hydrogen) atoms. The zero-order valence-electron chi connectivity index (χ0n) is 6.13. The van der Waals surface area contributed by atoms with Crippen molar-refractivity contribution in [3.8, 4) is 12.3 Å². The van der Waals surface area contributed by atoms with Gasteiger partial charge in [0.2, 0.25) is 0 Å². The van der Waals surface area contributed by atoms with Crippen molar-refractivity contribution in [1.82, 2.24) is 0 Å². The second-order valence-corrected chi connectivity index (χ2v) is 3.91. The van der Waals surface area contributed by atoms with Gasteiger partial charge in [-0.2, -0.15) is 11.8 Å². The van der Waals surface area contributed by atoms with E-state index in [1.54, 1.807) is 11.8 Å². The van der Waals surface area contributed by atoms with Crippen LogP contribution in [0.1, 0.15) is 19.3 Å². The Morgan fingerprint density at radius 2 is 2.50 bits per heavy atom. The molecule has 1 nitrogen and oxygen atoms in total. The van der Waals surface area contributed by atoms with Crippen LogP contribution in [-0.2, 0) is 0 Å². The summed E-state index contributed by atoms with van der Waals surface area (Å²) in [6.07, 6.45) is 9.84. The minimum atomic E-state index is -0.784. The molecule has 0 radical (unpaired) electrons. The second-order valence-electron chi connectivity index (χ2n) is 2.78. The molecule has 0 bridgehead atoms. The van der Waals surface area contributed by atoms with Crippen LogP contribution < -0.4 is 0 Å². The van der Waals surface area contributed by atoms with E-state index in [9.17, 15) is 5.11 Å². The SMILES string of the molecule is C#CC1(O)CCC(SC)C1. The fourth-order valence-electron chi connectivity index (χ4n) is 1.31. The van der Waals surface area contributed by atoms with Crippen LogP contribution in [0.3, 0.4) is 0 Å². The fraction of sp³-hybridized carbons (Fsp3) is 0.750. The molecule has 1 fully saturated rings. The van der Waals surface area contributed by atoms with Gasteiger partial charge in [-0.05, 0) is 25.5 Å². The van der Waals surface area contributed by atoms with E-state index in [4.69, 9.17) is 6.42 Å².